The van der Waals surface area contributed by atoms with E-state index in [1.54, 1.807) is 6.92 Å². The molecule has 1 unspecified atom stereocenters. The van der Waals surface area contributed by atoms with Gasteiger partial charge in [-0.15, -0.1) is 0 Å². The molecular formula is C9H13NO6. The Morgan fingerprint density at radius 2 is 2.00 bits per heavy atom. The highest BCUT2D eigenvalue weighted by molar-refractivity contribution is 6.01. The van der Waals surface area contributed by atoms with Crippen molar-refractivity contribution in [1.29, 1.82) is 0 Å². The molecule has 7 nitrogen and oxygen atoms in total. The van der Waals surface area contributed by atoms with E-state index in [2.05, 4.69) is 9.57 Å². The summed E-state index contributed by atoms with van der Waals surface area (Å²) in [5.74, 6) is -1.12. The number of aliphatic hydroxyl groups excluding tert-OH is 1. The Kier molecular flexibility index (Phi) is 4.24. The number of nitrogens with zero attached hydrogens (tertiary/aromatic N) is 1. The molecule has 0 aromatic heterocycles. The van der Waals surface area contributed by atoms with E-state index in [-0.39, 0.29) is 25.9 Å². The van der Waals surface area contributed by atoms with Crippen molar-refractivity contribution in [2.24, 2.45) is 0 Å². The minimum atomic E-state index is -1.12. The van der Waals surface area contributed by atoms with Gasteiger partial charge in [0.15, 0.2) is 0 Å². The van der Waals surface area contributed by atoms with Crippen LogP contribution in [0.5, 0.6) is 0 Å². The minimum absolute atomic E-state index is 0.0400. The number of ether oxygens (including phenoxy) is 1. The van der Waals surface area contributed by atoms with Gasteiger partial charge in [-0.3, -0.25) is 14.4 Å². The Labute approximate surface area is 91.9 Å². The van der Waals surface area contributed by atoms with Crippen LogP contribution < -0.4 is 0 Å². The van der Waals surface area contributed by atoms with E-state index in [1.807, 2.05) is 0 Å². The van der Waals surface area contributed by atoms with Crippen molar-refractivity contribution in [3.8, 4) is 0 Å². The first kappa shape index (κ1) is 12.4. The second-order valence-electron chi connectivity index (χ2n) is 3.36. The van der Waals surface area contributed by atoms with Gasteiger partial charge >= 0.3 is 6.16 Å². The fourth-order valence-electron chi connectivity index (χ4n) is 1.16. The van der Waals surface area contributed by atoms with Gasteiger partial charge in [0.25, 0.3) is 11.8 Å². The van der Waals surface area contributed by atoms with Crippen molar-refractivity contribution in [3.63, 3.8) is 0 Å². The fourth-order valence-corrected chi connectivity index (χ4v) is 1.16. The molecule has 1 rings (SSSR count). The van der Waals surface area contributed by atoms with E-state index in [4.69, 9.17) is 5.11 Å². The summed E-state index contributed by atoms with van der Waals surface area (Å²) in [5, 5.41) is 8.98. The van der Waals surface area contributed by atoms with Gasteiger partial charge in [-0.1, -0.05) is 5.06 Å². The van der Waals surface area contributed by atoms with Gasteiger partial charge in [0.1, 0.15) is 6.10 Å². The van der Waals surface area contributed by atoms with Crippen molar-refractivity contribution in [2.75, 3.05) is 6.61 Å². The Hall–Kier alpha value is -1.63. The molecule has 1 fully saturated rings. The van der Waals surface area contributed by atoms with Crippen LogP contribution in [-0.4, -0.2) is 40.9 Å². The van der Waals surface area contributed by atoms with Crippen LogP contribution in [0.4, 0.5) is 4.79 Å². The van der Waals surface area contributed by atoms with Gasteiger partial charge < -0.3 is 9.84 Å². The summed E-state index contributed by atoms with van der Waals surface area (Å²) in [6, 6.07) is 0. The van der Waals surface area contributed by atoms with Gasteiger partial charge in [-0.2, -0.15) is 0 Å². The summed E-state index contributed by atoms with van der Waals surface area (Å²) in [4.78, 5) is 37.7. The number of hydroxylamine groups is 2. The molecule has 1 heterocycles. The highest BCUT2D eigenvalue weighted by atomic mass is 16.8. The molecule has 90 valence electrons. The van der Waals surface area contributed by atoms with E-state index < -0.39 is 24.1 Å². The second kappa shape index (κ2) is 5.45. The molecular weight excluding hydrogens is 218 g/mol. The molecule has 16 heavy (non-hydrogen) atoms. The predicted octanol–water partition coefficient (Wildman–Crippen LogP) is -0.0255. The van der Waals surface area contributed by atoms with E-state index >= 15 is 0 Å². The molecule has 0 aromatic carbocycles. The first-order valence-corrected chi connectivity index (χ1v) is 4.90. The number of rotatable bonds is 4. The predicted molar refractivity (Wildman–Crippen MR) is 49.8 cm³/mol. The van der Waals surface area contributed by atoms with Gasteiger partial charge in [0.05, 0.1) is 0 Å². The van der Waals surface area contributed by atoms with Crippen molar-refractivity contribution in [2.45, 2.75) is 32.3 Å². The van der Waals surface area contributed by atoms with Crippen LogP contribution >= 0.6 is 0 Å². The number of hydrogen-bond acceptors (Lipinski definition) is 6. The maximum absolute atomic E-state index is 11.1. The second-order valence-corrected chi connectivity index (χ2v) is 3.36. The molecule has 1 aliphatic rings. The molecule has 0 aliphatic carbocycles. The molecule has 0 saturated carbocycles. The SMILES string of the molecule is CC(CCO)OC(=O)ON1C(=O)CCC1=O. The first-order chi connectivity index (χ1) is 7.54. The standard InChI is InChI=1S/C9H13NO6/c1-6(4-5-11)15-9(14)16-10-7(12)2-3-8(10)13/h6,11H,2-5H2,1H3. The highest BCUT2D eigenvalue weighted by Gasteiger charge is 2.33. The quantitative estimate of drug-likeness (QED) is 0.539. The summed E-state index contributed by atoms with van der Waals surface area (Å²) < 4.78 is 4.68. The summed E-state index contributed by atoms with van der Waals surface area (Å²) in [6.45, 7) is 1.43. The fraction of sp³-hybridized carbons (Fsp3) is 0.667. The summed E-state index contributed by atoms with van der Waals surface area (Å²) in [5.41, 5.74) is 0. The van der Waals surface area contributed by atoms with Gasteiger partial charge in [-0.05, 0) is 6.92 Å². The topological polar surface area (TPSA) is 93.1 Å². The van der Waals surface area contributed by atoms with Crippen LogP contribution in [0, 0.1) is 0 Å². The van der Waals surface area contributed by atoms with Crippen LogP contribution in [0.3, 0.4) is 0 Å². The maximum Gasteiger partial charge on any atom is 0.534 e. The molecule has 1 atom stereocenters. The first-order valence-electron chi connectivity index (χ1n) is 4.90. The minimum Gasteiger partial charge on any atom is -0.430 e. The Morgan fingerprint density at radius 3 is 2.50 bits per heavy atom. The smallest absolute Gasteiger partial charge is 0.430 e. The number of carbonyl (C=O) groups excluding carboxylic acids is 3. The third-order valence-corrected chi connectivity index (χ3v) is 2.00. The van der Waals surface area contributed by atoms with Gasteiger partial charge in [0.2, 0.25) is 0 Å². The molecule has 1 aliphatic heterocycles. The van der Waals surface area contributed by atoms with Crippen LogP contribution in [-0.2, 0) is 19.2 Å². The van der Waals surface area contributed by atoms with Crippen molar-refractivity contribution < 1.29 is 29.1 Å². The highest BCUT2D eigenvalue weighted by Crippen LogP contribution is 2.13. The normalized spacial score (nSPS) is 17.5. The van der Waals surface area contributed by atoms with Gasteiger partial charge in [-0.25, -0.2) is 4.79 Å². The zero-order valence-electron chi connectivity index (χ0n) is 8.84. The average molecular weight is 231 g/mol. The van der Waals surface area contributed by atoms with E-state index in [0.717, 1.165) is 0 Å². The van der Waals surface area contributed by atoms with Crippen molar-refractivity contribution in [1.82, 2.24) is 5.06 Å². The number of carbonyl (C=O) groups is 3. The zero-order chi connectivity index (χ0) is 12.1. The lowest BCUT2D eigenvalue weighted by atomic mass is 10.3. The third-order valence-electron chi connectivity index (χ3n) is 2.00. The van der Waals surface area contributed by atoms with Crippen LogP contribution in [0.25, 0.3) is 0 Å². The van der Waals surface area contributed by atoms with Crippen LogP contribution in [0.15, 0.2) is 0 Å². The van der Waals surface area contributed by atoms with Crippen LogP contribution in [0.2, 0.25) is 0 Å². The number of amides is 2. The molecule has 0 bridgehead atoms. The Balaban J connectivity index is 2.39. The summed E-state index contributed by atoms with van der Waals surface area (Å²) in [6.07, 6.45) is -1.32. The Morgan fingerprint density at radius 1 is 1.44 bits per heavy atom. The molecule has 7 heteroatoms. The zero-order valence-corrected chi connectivity index (χ0v) is 8.84. The third kappa shape index (κ3) is 3.20. The van der Waals surface area contributed by atoms with Crippen LogP contribution in [0.1, 0.15) is 26.2 Å². The van der Waals surface area contributed by atoms with E-state index in [1.165, 1.54) is 0 Å². The lowest BCUT2D eigenvalue weighted by molar-refractivity contribution is -0.178. The Bertz CT molecular complexity index is 286. The maximum atomic E-state index is 11.1. The molecule has 0 aromatic rings. The summed E-state index contributed by atoms with van der Waals surface area (Å²) >= 11 is 0. The monoisotopic (exact) mass is 231 g/mol. The molecule has 2 amide bonds. The molecule has 0 radical (unpaired) electrons. The number of imide groups is 1. The lowest BCUT2D eigenvalue weighted by Crippen LogP contribution is -2.33. The number of aliphatic hydroxyl groups is 1. The average Bonchev–Trinajstić information content (AvgIpc) is 2.49. The van der Waals surface area contributed by atoms with E-state index in [9.17, 15) is 14.4 Å². The lowest BCUT2D eigenvalue weighted by Gasteiger charge is -2.15. The van der Waals surface area contributed by atoms with Crippen molar-refractivity contribution >= 4 is 18.0 Å². The van der Waals surface area contributed by atoms with Gasteiger partial charge in [0, 0.05) is 25.9 Å². The molecule has 1 N–H and O–H groups in total. The largest absolute Gasteiger partial charge is 0.534 e. The molecule has 1 saturated heterocycles. The summed E-state index contributed by atoms with van der Waals surface area (Å²) in [7, 11) is 0. The number of hydrogen-bond donors (Lipinski definition) is 1. The van der Waals surface area contributed by atoms with E-state index in [0.29, 0.717) is 5.06 Å². The van der Waals surface area contributed by atoms with Crippen molar-refractivity contribution in [3.05, 3.63) is 0 Å². The molecule has 0 spiro atoms.